The molecule has 1 amide bonds. The van der Waals surface area contributed by atoms with Crippen LogP contribution in [-0.4, -0.2) is 18.2 Å². The number of benzene rings is 1. The van der Waals surface area contributed by atoms with Crippen LogP contribution in [0.5, 0.6) is 0 Å². The highest BCUT2D eigenvalue weighted by atomic mass is 32.2. The predicted molar refractivity (Wildman–Crippen MR) is 79.0 cm³/mol. The number of anilines is 1. The Hall–Kier alpha value is -1.16. The third-order valence-electron chi connectivity index (χ3n) is 2.54. The molecular weight excluding hydrogens is 244 g/mol. The van der Waals surface area contributed by atoms with Gasteiger partial charge in [0.25, 0.3) is 5.91 Å². The van der Waals surface area contributed by atoms with E-state index < -0.39 is 0 Å². The van der Waals surface area contributed by atoms with Gasteiger partial charge in [0.15, 0.2) is 0 Å². The Bertz CT molecular complexity index is 405. The van der Waals surface area contributed by atoms with E-state index in [1.165, 1.54) is 0 Å². The van der Waals surface area contributed by atoms with Crippen LogP contribution < -0.4 is 11.1 Å². The molecule has 0 spiro atoms. The van der Waals surface area contributed by atoms with Crippen molar-refractivity contribution >= 4 is 23.4 Å². The highest BCUT2D eigenvalue weighted by Gasteiger charge is 2.11. The van der Waals surface area contributed by atoms with Crippen LogP contribution >= 0.6 is 11.8 Å². The van der Waals surface area contributed by atoms with Crippen LogP contribution in [0.4, 0.5) is 5.69 Å². The molecule has 0 fully saturated rings. The lowest BCUT2D eigenvalue weighted by Gasteiger charge is -2.10. The average Bonchev–Trinajstić information content (AvgIpc) is 2.29. The Labute approximate surface area is 114 Å². The van der Waals surface area contributed by atoms with Gasteiger partial charge in [-0.15, -0.1) is 11.8 Å². The van der Waals surface area contributed by atoms with Crippen molar-refractivity contribution in [2.24, 2.45) is 5.92 Å². The Morgan fingerprint density at radius 3 is 2.78 bits per heavy atom. The second kappa shape index (κ2) is 7.31. The molecule has 18 heavy (non-hydrogen) atoms. The third-order valence-corrected chi connectivity index (χ3v) is 3.63. The number of amides is 1. The minimum atomic E-state index is -0.0236. The standard InChI is InChI=1S/C14H22N2OS/c1-4-16-14(17)12-6-5-11(15)9-13(12)18-8-7-10(2)3/h5-6,9-10H,4,7-8,15H2,1-3H3,(H,16,17). The number of thioether (sulfide) groups is 1. The predicted octanol–water partition coefficient (Wildman–Crippen LogP) is 3.16. The zero-order chi connectivity index (χ0) is 13.5. The van der Waals surface area contributed by atoms with E-state index in [0.29, 0.717) is 18.2 Å². The Kier molecular flexibility index (Phi) is 6.05. The second-order valence-corrected chi connectivity index (χ2v) is 5.78. The molecule has 0 aliphatic carbocycles. The number of nitrogen functional groups attached to an aromatic ring is 1. The van der Waals surface area contributed by atoms with E-state index in [0.717, 1.165) is 22.6 Å². The fourth-order valence-electron chi connectivity index (χ4n) is 1.51. The molecule has 0 heterocycles. The average molecular weight is 266 g/mol. The molecule has 0 atom stereocenters. The van der Waals surface area contributed by atoms with Crippen LogP contribution in [0.2, 0.25) is 0 Å². The largest absolute Gasteiger partial charge is 0.399 e. The van der Waals surface area contributed by atoms with Crippen molar-refractivity contribution in [1.82, 2.24) is 5.32 Å². The normalized spacial score (nSPS) is 10.7. The van der Waals surface area contributed by atoms with Crippen molar-refractivity contribution in [3.63, 3.8) is 0 Å². The topological polar surface area (TPSA) is 55.1 Å². The highest BCUT2D eigenvalue weighted by Crippen LogP contribution is 2.26. The van der Waals surface area contributed by atoms with Crippen LogP contribution in [-0.2, 0) is 0 Å². The third kappa shape index (κ3) is 4.61. The molecule has 1 aromatic carbocycles. The zero-order valence-electron chi connectivity index (χ0n) is 11.3. The van der Waals surface area contributed by atoms with Crippen LogP contribution in [0, 0.1) is 5.92 Å². The molecule has 0 saturated carbocycles. The molecule has 4 heteroatoms. The van der Waals surface area contributed by atoms with Crippen molar-refractivity contribution < 1.29 is 4.79 Å². The van der Waals surface area contributed by atoms with Gasteiger partial charge in [0.05, 0.1) is 5.56 Å². The summed E-state index contributed by atoms with van der Waals surface area (Å²) in [6, 6.07) is 5.46. The Morgan fingerprint density at radius 2 is 2.17 bits per heavy atom. The summed E-state index contributed by atoms with van der Waals surface area (Å²) in [6.45, 7) is 6.95. The van der Waals surface area contributed by atoms with E-state index in [9.17, 15) is 4.79 Å². The second-order valence-electron chi connectivity index (χ2n) is 4.65. The fraction of sp³-hybridized carbons (Fsp3) is 0.500. The highest BCUT2D eigenvalue weighted by molar-refractivity contribution is 7.99. The number of nitrogens with two attached hydrogens (primary N) is 1. The van der Waals surface area contributed by atoms with Crippen LogP contribution in [0.25, 0.3) is 0 Å². The van der Waals surface area contributed by atoms with E-state index in [1.54, 1.807) is 23.9 Å². The maximum absolute atomic E-state index is 11.9. The van der Waals surface area contributed by atoms with Crippen molar-refractivity contribution in [3.8, 4) is 0 Å². The molecule has 3 N–H and O–H groups in total. The van der Waals surface area contributed by atoms with Gasteiger partial charge in [0.1, 0.15) is 0 Å². The molecule has 0 saturated heterocycles. The van der Waals surface area contributed by atoms with Gasteiger partial charge in [-0.3, -0.25) is 4.79 Å². The van der Waals surface area contributed by atoms with Crippen molar-refractivity contribution in [2.75, 3.05) is 18.0 Å². The van der Waals surface area contributed by atoms with Gasteiger partial charge < -0.3 is 11.1 Å². The van der Waals surface area contributed by atoms with E-state index in [4.69, 9.17) is 5.73 Å². The maximum Gasteiger partial charge on any atom is 0.252 e. The van der Waals surface area contributed by atoms with Gasteiger partial charge in [0, 0.05) is 17.1 Å². The number of carbonyl (C=O) groups is 1. The monoisotopic (exact) mass is 266 g/mol. The lowest BCUT2D eigenvalue weighted by Crippen LogP contribution is -2.23. The fourth-order valence-corrected chi connectivity index (χ4v) is 2.85. The van der Waals surface area contributed by atoms with Gasteiger partial charge in [-0.2, -0.15) is 0 Å². The SMILES string of the molecule is CCNC(=O)c1ccc(N)cc1SCCC(C)C. The molecule has 1 aromatic rings. The molecule has 0 unspecified atom stereocenters. The van der Waals surface area contributed by atoms with Crippen LogP contribution in [0.15, 0.2) is 23.1 Å². The quantitative estimate of drug-likeness (QED) is 0.614. The number of hydrogen-bond donors (Lipinski definition) is 2. The summed E-state index contributed by atoms with van der Waals surface area (Å²) in [6.07, 6.45) is 1.13. The molecule has 3 nitrogen and oxygen atoms in total. The molecular formula is C14H22N2OS. The minimum absolute atomic E-state index is 0.0236. The van der Waals surface area contributed by atoms with E-state index >= 15 is 0 Å². The zero-order valence-corrected chi connectivity index (χ0v) is 12.1. The minimum Gasteiger partial charge on any atom is -0.399 e. The van der Waals surface area contributed by atoms with Crippen LogP contribution in [0.3, 0.4) is 0 Å². The van der Waals surface area contributed by atoms with E-state index in [-0.39, 0.29) is 5.91 Å². The summed E-state index contributed by atoms with van der Waals surface area (Å²) in [5, 5.41) is 2.83. The summed E-state index contributed by atoms with van der Waals surface area (Å²) < 4.78 is 0. The summed E-state index contributed by atoms with van der Waals surface area (Å²) in [5.41, 5.74) is 7.21. The number of carbonyl (C=O) groups excluding carboxylic acids is 1. The van der Waals surface area contributed by atoms with Gasteiger partial charge in [-0.25, -0.2) is 0 Å². The molecule has 1 rings (SSSR count). The first-order chi connectivity index (χ1) is 8.54. The summed E-state index contributed by atoms with van der Waals surface area (Å²) in [5.74, 6) is 1.66. The molecule has 0 radical (unpaired) electrons. The molecule has 0 aromatic heterocycles. The Balaban J connectivity index is 2.79. The van der Waals surface area contributed by atoms with Crippen LogP contribution in [0.1, 0.15) is 37.6 Å². The Morgan fingerprint density at radius 1 is 1.44 bits per heavy atom. The molecule has 100 valence electrons. The first kappa shape index (κ1) is 14.9. The molecule has 0 aliphatic heterocycles. The van der Waals surface area contributed by atoms with Gasteiger partial charge in [-0.1, -0.05) is 13.8 Å². The van der Waals surface area contributed by atoms with Gasteiger partial charge in [0.2, 0.25) is 0 Å². The van der Waals surface area contributed by atoms with Crippen molar-refractivity contribution in [1.29, 1.82) is 0 Å². The summed E-state index contributed by atoms with van der Waals surface area (Å²) in [4.78, 5) is 12.9. The van der Waals surface area contributed by atoms with Crippen molar-refractivity contribution in [2.45, 2.75) is 32.1 Å². The number of hydrogen-bond acceptors (Lipinski definition) is 3. The molecule has 0 bridgehead atoms. The lowest BCUT2D eigenvalue weighted by molar-refractivity contribution is 0.0953. The van der Waals surface area contributed by atoms with E-state index in [1.807, 2.05) is 13.0 Å². The summed E-state index contributed by atoms with van der Waals surface area (Å²) >= 11 is 1.70. The smallest absolute Gasteiger partial charge is 0.252 e. The summed E-state index contributed by atoms with van der Waals surface area (Å²) in [7, 11) is 0. The van der Waals surface area contributed by atoms with Gasteiger partial charge in [-0.05, 0) is 43.2 Å². The van der Waals surface area contributed by atoms with Crippen molar-refractivity contribution in [3.05, 3.63) is 23.8 Å². The number of rotatable bonds is 6. The van der Waals surface area contributed by atoms with Gasteiger partial charge >= 0.3 is 0 Å². The maximum atomic E-state index is 11.9. The molecule has 0 aliphatic rings. The van der Waals surface area contributed by atoms with E-state index in [2.05, 4.69) is 19.2 Å². The lowest BCUT2D eigenvalue weighted by atomic mass is 10.2. The first-order valence-electron chi connectivity index (χ1n) is 6.35. The first-order valence-corrected chi connectivity index (χ1v) is 7.33. The number of nitrogens with one attached hydrogen (secondary N) is 1.